The topological polar surface area (TPSA) is 35.2 Å². The van der Waals surface area contributed by atoms with E-state index in [1.807, 2.05) is 37.3 Å². The molecule has 0 spiro atoms. The maximum absolute atomic E-state index is 5.89. The molecule has 1 aromatic carbocycles. The van der Waals surface area contributed by atoms with Crippen LogP contribution in [-0.4, -0.2) is 0 Å². The van der Waals surface area contributed by atoms with Gasteiger partial charge in [0.15, 0.2) is 0 Å². The van der Waals surface area contributed by atoms with Crippen LogP contribution in [0.4, 0.5) is 5.69 Å². The fraction of sp³-hybridized carbons (Fsp3) is 0.111. The molecule has 72 valence electrons. The van der Waals surface area contributed by atoms with Gasteiger partial charge in [-0.1, -0.05) is 0 Å². The van der Waals surface area contributed by atoms with Crippen molar-refractivity contribution in [1.29, 1.82) is 0 Å². The second kappa shape index (κ2) is 5.69. The molecular weight excluding hydrogens is 392 g/mol. The second-order valence-electron chi connectivity index (χ2n) is 2.39. The Morgan fingerprint density at radius 3 is 2.92 bits per heavy atom. The Morgan fingerprint density at radius 1 is 1.54 bits per heavy atom. The SMILES string of the molecule is C/C=C\c1cccc(O[I-]I)c1N. The molecule has 0 aromatic heterocycles. The van der Waals surface area contributed by atoms with E-state index in [1.165, 1.54) is 0 Å². The monoisotopic (exact) mass is 402 g/mol. The van der Waals surface area contributed by atoms with Gasteiger partial charge in [-0.05, 0) is 0 Å². The van der Waals surface area contributed by atoms with E-state index >= 15 is 0 Å². The van der Waals surface area contributed by atoms with Crippen molar-refractivity contribution in [2.45, 2.75) is 6.92 Å². The van der Waals surface area contributed by atoms with Crippen molar-refractivity contribution in [3.8, 4) is 5.75 Å². The summed E-state index contributed by atoms with van der Waals surface area (Å²) >= 11 is 2.01. The van der Waals surface area contributed by atoms with Crippen LogP contribution in [0, 0.1) is 0 Å². The Labute approximate surface area is 98.5 Å². The summed E-state index contributed by atoms with van der Waals surface area (Å²) in [6.45, 7) is 1.97. The van der Waals surface area contributed by atoms with Crippen LogP contribution >= 0.6 is 18.6 Å². The molecule has 13 heavy (non-hydrogen) atoms. The summed E-state index contributed by atoms with van der Waals surface area (Å²) in [5.74, 6) is 0.804. The number of nitrogens with two attached hydrogens (primary N) is 1. The Bertz CT molecular complexity index is 312. The van der Waals surface area contributed by atoms with E-state index in [9.17, 15) is 0 Å². The number of para-hydroxylation sites is 1. The van der Waals surface area contributed by atoms with Crippen LogP contribution in [0.5, 0.6) is 5.75 Å². The number of halogens is 2. The molecule has 0 saturated heterocycles. The number of benzene rings is 1. The van der Waals surface area contributed by atoms with E-state index in [1.54, 1.807) is 0 Å². The summed E-state index contributed by atoms with van der Waals surface area (Å²) in [6, 6.07) is 5.84. The summed E-state index contributed by atoms with van der Waals surface area (Å²) in [7, 11) is 0. The van der Waals surface area contributed by atoms with Gasteiger partial charge in [-0.15, -0.1) is 0 Å². The van der Waals surface area contributed by atoms with Gasteiger partial charge in [-0.2, -0.15) is 0 Å². The summed E-state index contributed by atoms with van der Waals surface area (Å²) < 4.78 is 5.46. The fourth-order valence-corrected chi connectivity index (χ4v) is 2.75. The zero-order valence-corrected chi connectivity index (χ0v) is 11.4. The van der Waals surface area contributed by atoms with E-state index in [4.69, 9.17) is 8.80 Å². The second-order valence-corrected chi connectivity index (χ2v) is 5.40. The Hall–Kier alpha value is 0.0200. The molecule has 0 amide bonds. The molecule has 0 bridgehead atoms. The average molecular weight is 402 g/mol. The standard InChI is InChI=1S/C9H10I2NO/c1-2-4-7-5-3-6-8(9(7)12)13-11-10/h2-6H,12H2,1H3/q-1/b4-2-. The first-order chi connectivity index (χ1) is 6.29. The third-order valence-corrected chi connectivity index (χ3v) is 3.32. The van der Waals surface area contributed by atoms with Gasteiger partial charge >= 0.3 is 99.3 Å². The molecule has 0 unspecified atom stereocenters. The first-order valence-corrected chi connectivity index (χ1v) is 10.9. The van der Waals surface area contributed by atoms with Crippen LogP contribution < -0.4 is 26.4 Å². The normalized spacial score (nSPS) is 10.9. The molecule has 2 N–H and O–H groups in total. The van der Waals surface area contributed by atoms with E-state index in [-0.39, 0.29) is 17.6 Å². The molecule has 1 aromatic rings. The third-order valence-electron chi connectivity index (χ3n) is 1.56. The molecule has 0 aliphatic carbocycles. The Kier molecular flexibility index (Phi) is 4.86. The molecule has 2 nitrogen and oxygen atoms in total. The fourth-order valence-electron chi connectivity index (χ4n) is 0.985. The number of allylic oxidation sites excluding steroid dienone is 1. The zero-order chi connectivity index (χ0) is 9.68. The van der Waals surface area contributed by atoms with Crippen molar-refractivity contribution in [2.75, 3.05) is 5.73 Å². The Balaban J connectivity index is 3.03. The number of hydrogen-bond acceptors (Lipinski definition) is 2. The summed E-state index contributed by atoms with van der Waals surface area (Å²) in [5, 5.41) is 0. The molecule has 0 radical (unpaired) electrons. The third kappa shape index (κ3) is 3.01. The first kappa shape index (κ1) is 11.1. The van der Waals surface area contributed by atoms with Crippen LogP contribution in [0.2, 0.25) is 0 Å². The van der Waals surface area contributed by atoms with E-state index in [0.717, 1.165) is 17.0 Å². The molecule has 0 aliphatic heterocycles. The molecule has 0 aliphatic rings. The quantitative estimate of drug-likeness (QED) is 0.573. The van der Waals surface area contributed by atoms with Gasteiger partial charge in [-0.25, -0.2) is 0 Å². The van der Waals surface area contributed by atoms with Gasteiger partial charge < -0.3 is 0 Å². The van der Waals surface area contributed by atoms with Crippen molar-refractivity contribution in [3.63, 3.8) is 0 Å². The first-order valence-electron chi connectivity index (χ1n) is 3.73. The van der Waals surface area contributed by atoms with Gasteiger partial charge in [0, 0.05) is 0 Å². The van der Waals surface area contributed by atoms with E-state index in [0.29, 0.717) is 0 Å². The van der Waals surface area contributed by atoms with Crippen molar-refractivity contribution in [2.24, 2.45) is 0 Å². The molecule has 0 fully saturated rings. The van der Waals surface area contributed by atoms with E-state index in [2.05, 4.69) is 18.6 Å². The molecule has 1 rings (SSSR count). The summed E-state index contributed by atoms with van der Waals surface area (Å²) in [4.78, 5) is 0. The molecule has 0 atom stereocenters. The number of rotatable bonds is 3. The number of nitrogen functional groups attached to an aromatic ring is 1. The molecular formula is C9H10I2NO-. The van der Waals surface area contributed by atoms with Crippen molar-refractivity contribution < 1.29 is 20.7 Å². The van der Waals surface area contributed by atoms with Crippen molar-refractivity contribution >= 4 is 30.4 Å². The predicted molar refractivity (Wildman–Crippen MR) is 60.2 cm³/mol. The molecule has 0 heterocycles. The van der Waals surface area contributed by atoms with Gasteiger partial charge in [0.2, 0.25) is 0 Å². The minimum absolute atomic E-state index is 0.245. The molecule has 0 saturated carbocycles. The number of hydrogen-bond donors (Lipinski definition) is 1. The van der Waals surface area contributed by atoms with Crippen LogP contribution in [0.3, 0.4) is 0 Å². The van der Waals surface area contributed by atoms with E-state index < -0.39 is 0 Å². The van der Waals surface area contributed by atoms with Gasteiger partial charge in [-0.3, -0.25) is 0 Å². The van der Waals surface area contributed by atoms with Gasteiger partial charge in [0.05, 0.1) is 0 Å². The van der Waals surface area contributed by atoms with Crippen molar-refractivity contribution in [1.82, 2.24) is 0 Å². The number of anilines is 1. The zero-order valence-electron chi connectivity index (χ0n) is 7.13. The van der Waals surface area contributed by atoms with Crippen LogP contribution in [-0.2, 0) is 0 Å². The Morgan fingerprint density at radius 2 is 2.31 bits per heavy atom. The van der Waals surface area contributed by atoms with Crippen LogP contribution in [0.25, 0.3) is 6.08 Å². The minimum atomic E-state index is -0.245. The average Bonchev–Trinajstić information content (AvgIpc) is 2.13. The summed E-state index contributed by atoms with van der Waals surface area (Å²) in [5.41, 5.74) is 7.65. The van der Waals surface area contributed by atoms with Crippen molar-refractivity contribution in [3.05, 3.63) is 29.8 Å². The van der Waals surface area contributed by atoms with Gasteiger partial charge in [0.1, 0.15) is 0 Å². The van der Waals surface area contributed by atoms with Crippen LogP contribution in [0.1, 0.15) is 12.5 Å². The maximum atomic E-state index is 5.89. The van der Waals surface area contributed by atoms with Crippen LogP contribution in [0.15, 0.2) is 24.3 Å². The summed E-state index contributed by atoms with van der Waals surface area (Å²) in [6.07, 6.45) is 3.95. The molecule has 4 heteroatoms. The predicted octanol–water partition coefficient (Wildman–Crippen LogP) is 0.0347. The van der Waals surface area contributed by atoms with Gasteiger partial charge in [0.25, 0.3) is 0 Å².